The Labute approximate surface area is 219 Å². The van der Waals surface area contributed by atoms with Gasteiger partial charge in [0, 0.05) is 0 Å². The molecule has 0 spiro atoms. The summed E-state index contributed by atoms with van der Waals surface area (Å²) in [6.45, 7) is 15.9. The topological polar surface area (TPSA) is 141 Å². The second-order valence-electron chi connectivity index (χ2n) is 10.2. The van der Waals surface area contributed by atoms with Crippen molar-refractivity contribution >= 4 is 11.9 Å². The van der Waals surface area contributed by atoms with Crippen LogP contribution in [0.4, 0.5) is 0 Å². The highest BCUT2D eigenvalue weighted by molar-refractivity contribution is 5.83. The van der Waals surface area contributed by atoms with Crippen LogP contribution in [0.1, 0.15) is 55.4 Å². The first kappa shape index (κ1) is 32.9. The number of carbonyl (C=O) groups excluding carboxylic acids is 2. The number of ether oxygens (including phenoxy) is 5. The molecule has 0 radical (unpaired) electrons. The van der Waals surface area contributed by atoms with Gasteiger partial charge in [0.2, 0.25) is 0 Å². The van der Waals surface area contributed by atoms with Crippen molar-refractivity contribution in [2.75, 3.05) is 33.0 Å². The molecule has 2 saturated heterocycles. The highest BCUT2D eigenvalue weighted by atomic mass is 16.7. The molecule has 0 bridgehead atoms. The predicted molar refractivity (Wildman–Crippen MR) is 137 cm³/mol. The van der Waals surface area contributed by atoms with Crippen molar-refractivity contribution in [3.05, 3.63) is 34.9 Å². The van der Waals surface area contributed by atoms with Crippen molar-refractivity contribution in [1.29, 1.82) is 0 Å². The SMILES string of the molecule is CC(C)=CCOC[C@H]1OC(=O)[C@](C)(OCC=C(C)C)[C@@H]1OCC=C(C)C.C[C@]1(O)C(=O)O[C@H](CO)[C@H]1O. The van der Waals surface area contributed by atoms with Crippen LogP contribution in [0.2, 0.25) is 0 Å². The normalized spacial score (nSPS) is 30.6. The number of allylic oxidation sites excluding steroid dienone is 3. The van der Waals surface area contributed by atoms with Gasteiger partial charge in [-0.05, 0) is 55.4 Å². The Morgan fingerprint density at radius 3 is 1.84 bits per heavy atom. The maximum Gasteiger partial charge on any atom is 0.341 e. The van der Waals surface area contributed by atoms with Crippen LogP contribution in [-0.4, -0.2) is 95.9 Å². The molecule has 0 unspecified atom stereocenters. The molecule has 0 aliphatic carbocycles. The van der Waals surface area contributed by atoms with Crippen molar-refractivity contribution in [2.45, 2.75) is 91.0 Å². The Balaban J connectivity index is 0.000000516. The van der Waals surface area contributed by atoms with Crippen LogP contribution in [0.3, 0.4) is 0 Å². The molecule has 0 aromatic heterocycles. The molecular formula is C27H44O10. The lowest BCUT2D eigenvalue weighted by Gasteiger charge is -2.28. The van der Waals surface area contributed by atoms with Crippen molar-refractivity contribution in [1.82, 2.24) is 0 Å². The first-order valence-corrected chi connectivity index (χ1v) is 12.3. The van der Waals surface area contributed by atoms with Crippen LogP contribution in [-0.2, 0) is 33.3 Å². The average molecular weight is 529 g/mol. The summed E-state index contributed by atoms with van der Waals surface area (Å²) < 4.78 is 27.5. The monoisotopic (exact) mass is 528 g/mol. The van der Waals surface area contributed by atoms with Gasteiger partial charge in [-0.2, -0.15) is 0 Å². The van der Waals surface area contributed by atoms with Gasteiger partial charge in [-0.25, -0.2) is 9.59 Å². The summed E-state index contributed by atoms with van der Waals surface area (Å²) in [4.78, 5) is 23.2. The van der Waals surface area contributed by atoms with E-state index in [0.29, 0.717) is 19.8 Å². The molecule has 0 aromatic carbocycles. The molecule has 2 heterocycles. The smallest absolute Gasteiger partial charge is 0.341 e. The fourth-order valence-corrected chi connectivity index (χ4v) is 3.37. The summed E-state index contributed by atoms with van der Waals surface area (Å²) in [6, 6.07) is 0. The van der Waals surface area contributed by atoms with Gasteiger partial charge in [-0.15, -0.1) is 0 Å². The number of hydrogen-bond donors (Lipinski definition) is 3. The Hall–Kier alpha value is -2.08. The molecule has 3 N–H and O–H groups in total. The van der Waals surface area contributed by atoms with Gasteiger partial charge in [0.1, 0.15) is 12.2 Å². The summed E-state index contributed by atoms with van der Waals surface area (Å²) >= 11 is 0. The van der Waals surface area contributed by atoms with Gasteiger partial charge in [0.15, 0.2) is 23.4 Å². The van der Waals surface area contributed by atoms with Crippen molar-refractivity contribution in [3.8, 4) is 0 Å². The average Bonchev–Trinajstić information content (AvgIpc) is 3.15. The van der Waals surface area contributed by atoms with E-state index in [0.717, 1.165) is 18.1 Å². The molecule has 2 fully saturated rings. The third kappa shape index (κ3) is 9.63. The molecule has 2 aliphatic rings. The fraction of sp³-hybridized carbons (Fsp3) is 0.704. The summed E-state index contributed by atoms with van der Waals surface area (Å²) in [5.41, 5.74) is 0.432. The zero-order chi connectivity index (χ0) is 28.4. The highest BCUT2D eigenvalue weighted by Crippen LogP contribution is 2.33. The van der Waals surface area contributed by atoms with Crippen LogP contribution < -0.4 is 0 Å². The van der Waals surface area contributed by atoms with E-state index >= 15 is 0 Å². The van der Waals surface area contributed by atoms with E-state index in [-0.39, 0.29) is 6.61 Å². The zero-order valence-corrected chi connectivity index (χ0v) is 23.3. The van der Waals surface area contributed by atoms with Gasteiger partial charge in [0.05, 0.1) is 33.0 Å². The zero-order valence-electron chi connectivity index (χ0n) is 23.3. The van der Waals surface area contributed by atoms with E-state index in [2.05, 4.69) is 4.74 Å². The van der Waals surface area contributed by atoms with Crippen LogP contribution in [0.15, 0.2) is 34.9 Å². The summed E-state index contributed by atoms with van der Waals surface area (Å²) in [5, 5.41) is 26.9. The van der Waals surface area contributed by atoms with E-state index in [1.165, 1.54) is 5.57 Å². The van der Waals surface area contributed by atoms with Crippen LogP contribution in [0, 0.1) is 0 Å². The molecule has 0 aromatic rings. The van der Waals surface area contributed by atoms with E-state index < -0.39 is 54.2 Å². The molecular weight excluding hydrogens is 484 g/mol. The minimum Gasteiger partial charge on any atom is -0.455 e. The second kappa shape index (κ2) is 14.8. The molecule has 2 rings (SSSR count). The maximum absolute atomic E-state index is 12.5. The molecule has 10 nitrogen and oxygen atoms in total. The van der Waals surface area contributed by atoms with Crippen molar-refractivity contribution < 1.29 is 48.6 Å². The minimum atomic E-state index is -1.88. The molecule has 37 heavy (non-hydrogen) atoms. The lowest BCUT2D eigenvalue weighted by Crippen LogP contribution is -2.48. The second-order valence-corrected chi connectivity index (χ2v) is 10.2. The van der Waals surface area contributed by atoms with E-state index in [4.69, 9.17) is 29.2 Å². The first-order chi connectivity index (χ1) is 17.2. The number of esters is 2. The first-order valence-electron chi connectivity index (χ1n) is 12.3. The molecule has 0 amide bonds. The lowest BCUT2D eigenvalue weighted by atomic mass is 9.97. The number of aliphatic hydroxyl groups excluding tert-OH is 2. The number of hydrogen-bond acceptors (Lipinski definition) is 10. The van der Waals surface area contributed by atoms with Gasteiger partial charge in [-0.3, -0.25) is 0 Å². The standard InChI is InChI=1S/C21H34O5.C6H10O5/c1-15(2)8-11-23-14-18-19(24-12-9-16(3)4)21(7,20(22)26-18)25-13-10-17(5)6;1-6(10)4(8)3(2-7)11-5(6)9/h8-10,18-19H,11-14H2,1-7H3;3-4,7-8,10H,2H2,1H3/t18-,19-,21-;3-,4-,6-/m11/s1. The largest absolute Gasteiger partial charge is 0.455 e. The Bertz CT molecular complexity index is 847. The summed E-state index contributed by atoms with van der Waals surface area (Å²) in [6.07, 6.45) is 2.53. The third-order valence-corrected chi connectivity index (χ3v) is 5.86. The Morgan fingerprint density at radius 1 is 0.865 bits per heavy atom. The number of aliphatic hydroxyl groups is 3. The van der Waals surface area contributed by atoms with Gasteiger partial charge >= 0.3 is 11.9 Å². The molecule has 212 valence electrons. The molecule has 6 atom stereocenters. The highest BCUT2D eigenvalue weighted by Gasteiger charge is 2.56. The van der Waals surface area contributed by atoms with Crippen LogP contribution in [0.5, 0.6) is 0 Å². The Morgan fingerprint density at radius 2 is 1.38 bits per heavy atom. The molecule has 2 aliphatic heterocycles. The summed E-state index contributed by atoms with van der Waals surface area (Å²) in [5.74, 6) is -1.30. The van der Waals surface area contributed by atoms with Gasteiger partial charge < -0.3 is 39.0 Å². The number of cyclic esters (lactones) is 2. The third-order valence-electron chi connectivity index (χ3n) is 5.86. The maximum atomic E-state index is 12.5. The van der Waals surface area contributed by atoms with Crippen LogP contribution >= 0.6 is 0 Å². The van der Waals surface area contributed by atoms with Gasteiger partial charge in [-0.1, -0.05) is 34.9 Å². The number of rotatable bonds is 11. The predicted octanol–water partition coefficient (Wildman–Crippen LogP) is 2.00. The van der Waals surface area contributed by atoms with Crippen LogP contribution in [0.25, 0.3) is 0 Å². The minimum absolute atomic E-state index is 0.274. The Kier molecular flexibility index (Phi) is 13.1. The van der Waals surface area contributed by atoms with E-state index in [9.17, 15) is 14.7 Å². The van der Waals surface area contributed by atoms with Crippen molar-refractivity contribution in [2.24, 2.45) is 0 Å². The number of carbonyl (C=O) groups is 2. The lowest BCUT2D eigenvalue weighted by molar-refractivity contribution is -0.162. The van der Waals surface area contributed by atoms with E-state index in [1.54, 1.807) is 6.92 Å². The summed E-state index contributed by atoms with van der Waals surface area (Å²) in [7, 11) is 0. The fourth-order valence-electron chi connectivity index (χ4n) is 3.37. The molecule has 0 saturated carbocycles. The van der Waals surface area contributed by atoms with Gasteiger partial charge in [0.25, 0.3) is 0 Å². The quantitative estimate of drug-likeness (QED) is 0.207. The molecule has 10 heteroatoms. The van der Waals surface area contributed by atoms with E-state index in [1.807, 2.05) is 59.8 Å². The van der Waals surface area contributed by atoms with Crippen molar-refractivity contribution in [3.63, 3.8) is 0 Å².